The van der Waals surface area contributed by atoms with Gasteiger partial charge in [-0.2, -0.15) is 0 Å². The summed E-state index contributed by atoms with van der Waals surface area (Å²) >= 11 is 0. The minimum absolute atomic E-state index is 0.0380. The van der Waals surface area contributed by atoms with Crippen molar-refractivity contribution in [3.63, 3.8) is 0 Å². The van der Waals surface area contributed by atoms with E-state index in [1.807, 2.05) is 20.8 Å². The van der Waals surface area contributed by atoms with Crippen LogP contribution < -0.4 is 10.6 Å². The summed E-state index contributed by atoms with van der Waals surface area (Å²) in [6.45, 7) is 6.13. The first-order valence-corrected chi connectivity index (χ1v) is 8.61. The predicted octanol–water partition coefficient (Wildman–Crippen LogP) is 2.82. The van der Waals surface area contributed by atoms with Gasteiger partial charge in [-0.3, -0.25) is 0 Å². The van der Waals surface area contributed by atoms with Crippen molar-refractivity contribution in [1.29, 1.82) is 0 Å². The lowest BCUT2D eigenvalue weighted by Crippen LogP contribution is -2.49. The van der Waals surface area contributed by atoms with Crippen LogP contribution in [0.5, 0.6) is 0 Å². The van der Waals surface area contributed by atoms with E-state index in [9.17, 15) is 9.90 Å². The van der Waals surface area contributed by atoms with Crippen LogP contribution in [0.2, 0.25) is 0 Å². The second-order valence-corrected chi connectivity index (χ2v) is 7.20. The number of amides is 2. The molecule has 3 N–H and O–H groups in total. The van der Waals surface area contributed by atoms with Crippen molar-refractivity contribution in [2.75, 3.05) is 13.7 Å². The minimum atomic E-state index is -0.249. The summed E-state index contributed by atoms with van der Waals surface area (Å²) in [6.07, 6.45) is 7.44. The Morgan fingerprint density at radius 1 is 1.27 bits per heavy atom. The van der Waals surface area contributed by atoms with Gasteiger partial charge in [-0.05, 0) is 52.4 Å². The van der Waals surface area contributed by atoms with Gasteiger partial charge in [0.05, 0.1) is 5.60 Å². The Morgan fingerprint density at radius 3 is 2.45 bits per heavy atom. The summed E-state index contributed by atoms with van der Waals surface area (Å²) in [5.41, 5.74) is -0.249. The maximum Gasteiger partial charge on any atom is 0.315 e. The molecule has 1 aliphatic rings. The first kappa shape index (κ1) is 19.2. The average Bonchev–Trinajstić information content (AvgIpc) is 2.47. The maximum absolute atomic E-state index is 12.2. The number of aliphatic hydroxyl groups excluding tert-OH is 1. The lowest BCUT2D eigenvalue weighted by molar-refractivity contribution is 0.00945. The van der Waals surface area contributed by atoms with Crippen LogP contribution in [0.4, 0.5) is 4.79 Å². The highest BCUT2D eigenvalue weighted by atomic mass is 16.5. The molecule has 0 radical (unpaired) electrons. The number of hydrogen-bond acceptors (Lipinski definition) is 3. The number of methoxy groups -OCH3 is 1. The molecule has 0 aromatic rings. The van der Waals surface area contributed by atoms with E-state index in [-0.39, 0.29) is 30.3 Å². The summed E-state index contributed by atoms with van der Waals surface area (Å²) in [7, 11) is 1.69. The number of nitrogens with one attached hydrogen (secondary N) is 2. The first-order valence-electron chi connectivity index (χ1n) is 8.61. The summed E-state index contributed by atoms with van der Waals surface area (Å²) in [5, 5.41) is 15.3. The van der Waals surface area contributed by atoms with E-state index in [0.29, 0.717) is 12.3 Å². The van der Waals surface area contributed by atoms with Gasteiger partial charge in [0, 0.05) is 25.8 Å². The number of urea groups is 1. The molecule has 1 fully saturated rings. The van der Waals surface area contributed by atoms with Gasteiger partial charge in [0.2, 0.25) is 0 Å². The molecular weight excluding hydrogens is 280 g/mol. The number of rotatable bonds is 8. The molecule has 5 nitrogen and oxygen atoms in total. The minimum Gasteiger partial charge on any atom is -0.396 e. The molecule has 22 heavy (non-hydrogen) atoms. The molecule has 1 saturated carbocycles. The van der Waals surface area contributed by atoms with Crippen molar-refractivity contribution in [2.45, 2.75) is 83.4 Å². The van der Waals surface area contributed by atoms with Gasteiger partial charge in [-0.15, -0.1) is 0 Å². The molecule has 0 spiro atoms. The molecule has 2 atom stereocenters. The normalized spacial score (nSPS) is 19.5. The molecule has 0 bridgehead atoms. The van der Waals surface area contributed by atoms with Gasteiger partial charge >= 0.3 is 6.03 Å². The Labute approximate surface area is 135 Å². The van der Waals surface area contributed by atoms with Crippen LogP contribution in [0.25, 0.3) is 0 Å². The average molecular weight is 314 g/mol. The van der Waals surface area contributed by atoms with E-state index in [2.05, 4.69) is 10.6 Å². The van der Waals surface area contributed by atoms with E-state index in [0.717, 1.165) is 19.3 Å². The Balaban J connectivity index is 2.45. The predicted molar refractivity (Wildman–Crippen MR) is 88.9 cm³/mol. The second kappa shape index (κ2) is 9.36. The highest BCUT2D eigenvalue weighted by Crippen LogP contribution is 2.27. The maximum atomic E-state index is 12.2. The van der Waals surface area contributed by atoms with Crippen LogP contribution in [0.15, 0.2) is 0 Å². The summed E-state index contributed by atoms with van der Waals surface area (Å²) in [6, 6.07) is -0.0209. The number of carbonyl (C=O) groups excluding carboxylic acids is 1. The Bertz CT molecular complexity index is 328. The largest absolute Gasteiger partial charge is 0.396 e. The number of ether oxygens (including phenoxy) is 1. The summed E-state index contributed by atoms with van der Waals surface area (Å²) in [5.74, 6) is 0.498. The highest BCUT2D eigenvalue weighted by molar-refractivity contribution is 5.74. The molecule has 130 valence electrons. The fourth-order valence-electron chi connectivity index (χ4n) is 3.41. The Hall–Kier alpha value is -0.810. The molecule has 0 aromatic carbocycles. The van der Waals surface area contributed by atoms with Crippen LogP contribution >= 0.6 is 0 Å². The molecule has 2 amide bonds. The van der Waals surface area contributed by atoms with Crippen molar-refractivity contribution in [3.05, 3.63) is 0 Å². The van der Waals surface area contributed by atoms with Crippen LogP contribution in [0.3, 0.4) is 0 Å². The van der Waals surface area contributed by atoms with Crippen LogP contribution in [0, 0.1) is 5.92 Å². The molecular formula is C17H34N2O3. The van der Waals surface area contributed by atoms with Crippen molar-refractivity contribution in [3.8, 4) is 0 Å². The molecule has 0 aliphatic heterocycles. The van der Waals surface area contributed by atoms with Crippen LogP contribution in [-0.4, -0.2) is 42.5 Å². The molecule has 2 unspecified atom stereocenters. The lowest BCUT2D eigenvalue weighted by Gasteiger charge is -2.32. The third-order valence-electron chi connectivity index (χ3n) is 4.70. The summed E-state index contributed by atoms with van der Waals surface area (Å²) < 4.78 is 5.40. The smallest absolute Gasteiger partial charge is 0.315 e. The van der Waals surface area contributed by atoms with Gasteiger partial charge in [0.1, 0.15) is 0 Å². The quantitative estimate of drug-likeness (QED) is 0.645. The van der Waals surface area contributed by atoms with Crippen molar-refractivity contribution in [1.82, 2.24) is 10.6 Å². The fourth-order valence-corrected chi connectivity index (χ4v) is 3.41. The van der Waals surface area contributed by atoms with E-state index in [1.54, 1.807) is 7.11 Å². The van der Waals surface area contributed by atoms with E-state index in [1.165, 1.54) is 19.3 Å². The fraction of sp³-hybridized carbons (Fsp3) is 0.941. The molecule has 0 aromatic heterocycles. The standard InChI is InChI=1S/C17H34N2O3/c1-13(12-17(2,3)22-4)18-16(21)19-15(10-11-20)14-8-6-5-7-9-14/h13-15,20H,5-12H2,1-4H3,(H2,18,19,21). The molecule has 1 aliphatic carbocycles. The van der Waals surface area contributed by atoms with Crippen molar-refractivity contribution >= 4 is 6.03 Å². The third-order valence-corrected chi connectivity index (χ3v) is 4.70. The third kappa shape index (κ3) is 6.97. The van der Waals surface area contributed by atoms with Crippen molar-refractivity contribution in [2.24, 2.45) is 5.92 Å². The number of hydrogen-bond donors (Lipinski definition) is 3. The SMILES string of the molecule is COC(C)(C)CC(C)NC(=O)NC(CCO)C1CCCCC1. The van der Waals surface area contributed by atoms with Gasteiger partial charge in [0.15, 0.2) is 0 Å². The number of carbonyl (C=O) groups is 1. The zero-order chi connectivity index (χ0) is 16.6. The van der Waals surface area contributed by atoms with E-state index >= 15 is 0 Å². The van der Waals surface area contributed by atoms with Crippen molar-refractivity contribution < 1.29 is 14.6 Å². The van der Waals surface area contributed by atoms with Gasteiger partial charge < -0.3 is 20.5 Å². The van der Waals surface area contributed by atoms with E-state index in [4.69, 9.17) is 4.74 Å². The van der Waals surface area contributed by atoms with E-state index < -0.39 is 0 Å². The zero-order valence-electron chi connectivity index (χ0n) is 14.7. The van der Waals surface area contributed by atoms with Crippen LogP contribution in [-0.2, 0) is 4.74 Å². The zero-order valence-corrected chi connectivity index (χ0v) is 14.7. The summed E-state index contributed by atoms with van der Waals surface area (Å²) in [4.78, 5) is 12.2. The lowest BCUT2D eigenvalue weighted by atomic mass is 9.83. The molecule has 1 rings (SSSR count). The topological polar surface area (TPSA) is 70.6 Å². The Kier molecular flexibility index (Phi) is 8.18. The van der Waals surface area contributed by atoms with Gasteiger partial charge in [-0.25, -0.2) is 4.79 Å². The first-order chi connectivity index (χ1) is 10.4. The highest BCUT2D eigenvalue weighted by Gasteiger charge is 2.26. The number of aliphatic hydroxyl groups is 1. The molecule has 5 heteroatoms. The van der Waals surface area contributed by atoms with Gasteiger partial charge in [0.25, 0.3) is 0 Å². The van der Waals surface area contributed by atoms with Gasteiger partial charge in [-0.1, -0.05) is 19.3 Å². The second-order valence-electron chi connectivity index (χ2n) is 7.20. The molecule has 0 saturated heterocycles. The van der Waals surface area contributed by atoms with Crippen LogP contribution in [0.1, 0.15) is 65.7 Å². The monoisotopic (exact) mass is 314 g/mol. The molecule has 0 heterocycles. The Morgan fingerprint density at radius 2 is 1.91 bits per heavy atom.